The van der Waals surface area contributed by atoms with Gasteiger partial charge >= 0.3 is 0 Å². The summed E-state index contributed by atoms with van der Waals surface area (Å²) in [6.07, 6.45) is 0.401. The van der Waals surface area contributed by atoms with Gasteiger partial charge in [-0.2, -0.15) is 0 Å². The molecule has 5 nitrogen and oxygen atoms in total. The molecule has 2 aromatic rings. The Morgan fingerprint density at radius 2 is 1.88 bits per heavy atom. The highest BCUT2D eigenvalue weighted by Gasteiger charge is 2.27. The van der Waals surface area contributed by atoms with Crippen molar-refractivity contribution in [3.63, 3.8) is 0 Å². The molecule has 1 saturated heterocycles. The van der Waals surface area contributed by atoms with Crippen LogP contribution in [0.15, 0.2) is 48.5 Å². The Hall–Kier alpha value is -2.37. The summed E-state index contributed by atoms with van der Waals surface area (Å²) in [5.41, 5.74) is 3.47. The average molecular weight is 352 g/mol. The second kappa shape index (κ2) is 7.48. The average Bonchev–Trinajstić information content (AvgIpc) is 3.04. The highest BCUT2D eigenvalue weighted by Crippen LogP contribution is 2.26. The van der Waals surface area contributed by atoms with Crippen molar-refractivity contribution in [2.45, 2.75) is 25.6 Å². The number of carbonyl (C=O) groups is 1. The summed E-state index contributed by atoms with van der Waals surface area (Å²) < 4.78 is 5.55. The number of benzene rings is 2. The van der Waals surface area contributed by atoms with Crippen molar-refractivity contribution in [1.82, 2.24) is 9.80 Å². The summed E-state index contributed by atoms with van der Waals surface area (Å²) in [7, 11) is 0. The van der Waals surface area contributed by atoms with E-state index < -0.39 is 6.10 Å². The maximum absolute atomic E-state index is 12.7. The Kier molecular flexibility index (Phi) is 4.91. The summed E-state index contributed by atoms with van der Waals surface area (Å²) in [4.78, 5) is 16.5. The molecule has 2 aliphatic rings. The standard InChI is InChI=1S/C21H24N2O3/c24-19-13-22(11-17-6-7-20-18(10-17)8-9-26-20)15-21(25)23(14-19)12-16-4-2-1-3-5-16/h1-7,10,19,24H,8-9,11-15H2. The van der Waals surface area contributed by atoms with E-state index in [2.05, 4.69) is 6.07 Å². The topological polar surface area (TPSA) is 53.0 Å². The molecule has 2 heterocycles. The third-order valence-electron chi connectivity index (χ3n) is 4.99. The first kappa shape index (κ1) is 17.1. The lowest BCUT2D eigenvalue weighted by Gasteiger charge is -2.22. The molecule has 136 valence electrons. The van der Waals surface area contributed by atoms with Crippen LogP contribution < -0.4 is 4.74 Å². The normalized spacial score (nSPS) is 20.6. The van der Waals surface area contributed by atoms with Crippen LogP contribution in [-0.2, 0) is 24.3 Å². The van der Waals surface area contributed by atoms with Crippen molar-refractivity contribution in [1.29, 1.82) is 0 Å². The summed E-state index contributed by atoms with van der Waals surface area (Å²) in [5, 5.41) is 10.4. The van der Waals surface area contributed by atoms with Crippen molar-refractivity contribution in [2.24, 2.45) is 0 Å². The van der Waals surface area contributed by atoms with Gasteiger partial charge in [-0.25, -0.2) is 0 Å². The summed E-state index contributed by atoms with van der Waals surface area (Å²) in [6.45, 7) is 3.16. The minimum absolute atomic E-state index is 0.0647. The lowest BCUT2D eigenvalue weighted by Crippen LogP contribution is -2.36. The van der Waals surface area contributed by atoms with Crippen LogP contribution in [0.25, 0.3) is 0 Å². The van der Waals surface area contributed by atoms with E-state index >= 15 is 0 Å². The molecular formula is C21H24N2O3. The SMILES string of the molecule is O=C1CN(Cc2ccc3c(c2)CCO3)CC(O)CN1Cc1ccccc1. The molecule has 2 aliphatic heterocycles. The van der Waals surface area contributed by atoms with Crippen LogP contribution in [0.3, 0.4) is 0 Å². The molecule has 0 aliphatic carbocycles. The van der Waals surface area contributed by atoms with Crippen molar-refractivity contribution < 1.29 is 14.6 Å². The molecule has 4 rings (SSSR count). The van der Waals surface area contributed by atoms with E-state index in [1.54, 1.807) is 4.90 Å². The van der Waals surface area contributed by atoms with Crippen molar-refractivity contribution in [2.75, 3.05) is 26.2 Å². The second-order valence-electron chi connectivity index (χ2n) is 7.12. The number of ether oxygens (including phenoxy) is 1. The Bertz CT molecular complexity index is 778. The van der Waals surface area contributed by atoms with Crippen LogP contribution in [0.5, 0.6) is 5.75 Å². The van der Waals surface area contributed by atoms with E-state index in [0.717, 1.165) is 29.9 Å². The number of aliphatic hydroxyl groups excluding tert-OH is 1. The maximum atomic E-state index is 12.7. The van der Waals surface area contributed by atoms with Gasteiger partial charge in [0.05, 0.1) is 19.3 Å². The number of amides is 1. The minimum Gasteiger partial charge on any atom is -0.493 e. The quantitative estimate of drug-likeness (QED) is 0.912. The van der Waals surface area contributed by atoms with Gasteiger partial charge in [0.15, 0.2) is 0 Å². The van der Waals surface area contributed by atoms with Crippen LogP contribution in [0.4, 0.5) is 0 Å². The molecule has 0 spiro atoms. The third kappa shape index (κ3) is 3.89. The molecule has 1 N–H and O–H groups in total. The highest BCUT2D eigenvalue weighted by atomic mass is 16.5. The third-order valence-corrected chi connectivity index (χ3v) is 4.99. The van der Waals surface area contributed by atoms with E-state index in [9.17, 15) is 9.90 Å². The lowest BCUT2D eigenvalue weighted by atomic mass is 10.1. The van der Waals surface area contributed by atoms with Crippen LogP contribution in [0.2, 0.25) is 0 Å². The first-order valence-corrected chi connectivity index (χ1v) is 9.14. The van der Waals surface area contributed by atoms with Gasteiger partial charge in [0.2, 0.25) is 5.91 Å². The highest BCUT2D eigenvalue weighted by molar-refractivity contribution is 5.78. The molecule has 0 aromatic heterocycles. The van der Waals surface area contributed by atoms with Gasteiger partial charge in [-0.1, -0.05) is 42.5 Å². The van der Waals surface area contributed by atoms with E-state index in [0.29, 0.717) is 32.7 Å². The fourth-order valence-corrected chi connectivity index (χ4v) is 3.74. The number of hydrogen-bond acceptors (Lipinski definition) is 4. The van der Waals surface area contributed by atoms with Crippen LogP contribution in [0, 0.1) is 0 Å². The largest absolute Gasteiger partial charge is 0.493 e. The Morgan fingerprint density at radius 1 is 1.04 bits per heavy atom. The van der Waals surface area contributed by atoms with Crippen LogP contribution in [0.1, 0.15) is 16.7 Å². The zero-order valence-electron chi connectivity index (χ0n) is 14.8. The van der Waals surface area contributed by atoms with Crippen LogP contribution in [-0.4, -0.2) is 53.2 Å². The molecule has 1 amide bonds. The number of fused-ring (bicyclic) bond motifs is 1. The predicted octanol–water partition coefficient (Wildman–Crippen LogP) is 1.83. The Balaban J connectivity index is 1.43. The molecule has 2 aromatic carbocycles. The maximum Gasteiger partial charge on any atom is 0.237 e. The van der Waals surface area contributed by atoms with Gasteiger partial charge < -0.3 is 14.7 Å². The fraction of sp³-hybridized carbons (Fsp3) is 0.381. The van der Waals surface area contributed by atoms with E-state index in [1.807, 2.05) is 47.4 Å². The zero-order chi connectivity index (χ0) is 17.9. The van der Waals surface area contributed by atoms with Crippen molar-refractivity contribution in [3.8, 4) is 5.75 Å². The lowest BCUT2D eigenvalue weighted by molar-refractivity contribution is -0.132. The van der Waals surface area contributed by atoms with Gasteiger partial charge in [0, 0.05) is 32.6 Å². The summed E-state index contributed by atoms with van der Waals surface area (Å²) in [5.74, 6) is 1.03. The molecule has 1 atom stereocenters. The first-order valence-electron chi connectivity index (χ1n) is 9.14. The Labute approximate surface area is 153 Å². The number of aliphatic hydroxyl groups is 1. The van der Waals surface area contributed by atoms with Gasteiger partial charge in [0.1, 0.15) is 5.75 Å². The summed E-state index contributed by atoms with van der Waals surface area (Å²) >= 11 is 0. The molecule has 0 radical (unpaired) electrons. The molecule has 1 unspecified atom stereocenters. The monoisotopic (exact) mass is 352 g/mol. The van der Waals surface area contributed by atoms with Gasteiger partial charge in [-0.15, -0.1) is 0 Å². The predicted molar refractivity (Wildman–Crippen MR) is 98.8 cm³/mol. The van der Waals surface area contributed by atoms with E-state index in [1.165, 1.54) is 5.56 Å². The van der Waals surface area contributed by atoms with E-state index in [-0.39, 0.29) is 5.91 Å². The number of rotatable bonds is 4. The first-order chi connectivity index (χ1) is 12.7. The molecule has 5 heteroatoms. The van der Waals surface area contributed by atoms with Crippen molar-refractivity contribution >= 4 is 5.91 Å². The van der Waals surface area contributed by atoms with Crippen molar-refractivity contribution in [3.05, 3.63) is 65.2 Å². The molecule has 0 bridgehead atoms. The Morgan fingerprint density at radius 3 is 2.73 bits per heavy atom. The molecular weight excluding hydrogens is 328 g/mol. The summed E-state index contributed by atoms with van der Waals surface area (Å²) in [6, 6.07) is 16.1. The second-order valence-corrected chi connectivity index (χ2v) is 7.12. The zero-order valence-corrected chi connectivity index (χ0v) is 14.8. The number of β-amino-alcohol motifs (C(OH)–C–C–N with tert-alkyl or cyclic N) is 1. The van der Waals surface area contributed by atoms with Gasteiger partial charge in [-0.05, 0) is 22.8 Å². The number of nitrogens with zero attached hydrogens (tertiary/aromatic N) is 2. The minimum atomic E-state index is -0.539. The fourth-order valence-electron chi connectivity index (χ4n) is 3.74. The van der Waals surface area contributed by atoms with E-state index in [4.69, 9.17) is 4.74 Å². The molecule has 0 saturated carbocycles. The number of hydrogen-bond donors (Lipinski definition) is 1. The van der Waals surface area contributed by atoms with Gasteiger partial charge in [-0.3, -0.25) is 9.69 Å². The molecule has 26 heavy (non-hydrogen) atoms. The van der Waals surface area contributed by atoms with Gasteiger partial charge in [0.25, 0.3) is 0 Å². The molecule has 1 fully saturated rings. The number of carbonyl (C=O) groups excluding carboxylic acids is 1. The smallest absolute Gasteiger partial charge is 0.237 e. The van der Waals surface area contributed by atoms with Crippen LogP contribution >= 0.6 is 0 Å².